The lowest BCUT2D eigenvalue weighted by atomic mass is 10.2. The van der Waals surface area contributed by atoms with Gasteiger partial charge in [-0.3, -0.25) is 10.1 Å². The first kappa shape index (κ1) is 19.1. The van der Waals surface area contributed by atoms with Gasteiger partial charge in [0.05, 0.1) is 24.5 Å². The molecule has 0 spiro atoms. The van der Waals surface area contributed by atoms with Crippen LogP contribution in [0.15, 0.2) is 24.3 Å². The van der Waals surface area contributed by atoms with Gasteiger partial charge >= 0.3 is 6.03 Å². The van der Waals surface area contributed by atoms with Crippen LogP contribution < -0.4 is 20.9 Å². The average Bonchev–Trinajstić information content (AvgIpc) is 2.90. The van der Waals surface area contributed by atoms with Gasteiger partial charge in [-0.25, -0.2) is 4.79 Å². The van der Waals surface area contributed by atoms with Crippen molar-refractivity contribution in [2.45, 2.75) is 25.7 Å². The monoisotopic (exact) mass is 348 g/mol. The molecule has 1 aromatic carbocycles. The smallest absolute Gasteiger partial charge is 0.321 e. The van der Waals surface area contributed by atoms with Crippen LogP contribution in [0.3, 0.4) is 0 Å². The number of amides is 3. The first-order chi connectivity index (χ1) is 12.2. The molecule has 0 atom stereocenters. The van der Waals surface area contributed by atoms with Crippen LogP contribution in [0.4, 0.5) is 16.2 Å². The zero-order chi connectivity index (χ0) is 17.9. The largest absolute Gasteiger partial charge is 0.383 e. The Labute approximate surface area is 149 Å². The minimum atomic E-state index is -0.510. The van der Waals surface area contributed by atoms with Gasteiger partial charge in [0.1, 0.15) is 0 Å². The molecule has 0 saturated carbocycles. The first-order valence-corrected chi connectivity index (χ1v) is 8.85. The molecule has 1 aliphatic rings. The van der Waals surface area contributed by atoms with Crippen molar-refractivity contribution in [1.82, 2.24) is 10.6 Å². The average molecular weight is 348 g/mol. The zero-order valence-corrected chi connectivity index (χ0v) is 14.8. The summed E-state index contributed by atoms with van der Waals surface area (Å²) in [6, 6.07) is 7.48. The molecule has 138 valence electrons. The number of methoxy groups -OCH3 is 1. The van der Waals surface area contributed by atoms with Gasteiger partial charge in [-0.1, -0.05) is 25.0 Å². The van der Waals surface area contributed by atoms with E-state index in [0.29, 0.717) is 13.2 Å². The molecule has 25 heavy (non-hydrogen) atoms. The number of anilines is 2. The second kappa shape index (κ2) is 10.6. The van der Waals surface area contributed by atoms with E-state index in [1.807, 2.05) is 18.2 Å². The van der Waals surface area contributed by atoms with Crippen molar-refractivity contribution in [3.63, 3.8) is 0 Å². The SMILES string of the molecule is COCCNC(=O)NC(=O)CNc1ccccc1N1CCCCCC1. The van der Waals surface area contributed by atoms with E-state index in [1.165, 1.54) is 25.7 Å². The lowest BCUT2D eigenvalue weighted by Crippen LogP contribution is -2.43. The molecule has 7 heteroatoms. The van der Waals surface area contributed by atoms with E-state index in [2.05, 4.69) is 26.9 Å². The molecular weight excluding hydrogens is 320 g/mol. The third-order valence-electron chi connectivity index (χ3n) is 4.13. The number of hydrogen-bond acceptors (Lipinski definition) is 5. The maximum absolute atomic E-state index is 11.9. The number of para-hydroxylation sites is 2. The summed E-state index contributed by atoms with van der Waals surface area (Å²) in [5, 5.41) is 7.99. The molecule has 7 nitrogen and oxygen atoms in total. The van der Waals surface area contributed by atoms with Crippen molar-refractivity contribution in [2.24, 2.45) is 0 Å². The second-order valence-corrected chi connectivity index (χ2v) is 6.07. The molecule has 2 rings (SSSR count). The van der Waals surface area contributed by atoms with Gasteiger partial charge in [0.25, 0.3) is 0 Å². The molecule has 1 aromatic rings. The van der Waals surface area contributed by atoms with Crippen LogP contribution in [0.25, 0.3) is 0 Å². The molecule has 0 radical (unpaired) electrons. The summed E-state index contributed by atoms with van der Waals surface area (Å²) in [6.07, 6.45) is 4.92. The zero-order valence-electron chi connectivity index (χ0n) is 14.8. The highest BCUT2D eigenvalue weighted by Gasteiger charge is 2.14. The van der Waals surface area contributed by atoms with Crippen molar-refractivity contribution in [2.75, 3.05) is 50.1 Å². The molecule has 3 N–H and O–H groups in total. The maximum atomic E-state index is 11.9. The highest BCUT2D eigenvalue weighted by molar-refractivity contribution is 5.96. The Kier molecular flexibility index (Phi) is 8.04. The van der Waals surface area contributed by atoms with Gasteiger partial charge in [-0.15, -0.1) is 0 Å². The van der Waals surface area contributed by atoms with Gasteiger partial charge in [0.2, 0.25) is 5.91 Å². The Morgan fingerprint density at radius 2 is 1.84 bits per heavy atom. The van der Waals surface area contributed by atoms with Gasteiger partial charge in [0.15, 0.2) is 0 Å². The first-order valence-electron chi connectivity index (χ1n) is 8.85. The normalized spacial score (nSPS) is 14.5. The summed E-state index contributed by atoms with van der Waals surface area (Å²) in [5.41, 5.74) is 2.03. The standard InChI is InChI=1S/C18H28N4O3/c1-25-13-10-19-18(24)21-17(23)14-20-15-8-4-5-9-16(15)22-11-6-2-3-7-12-22/h4-5,8-9,20H,2-3,6-7,10-14H2,1H3,(H2,19,21,23,24). The predicted molar refractivity (Wildman–Crippen MR) is 99.0 cm³/mol. The molecule has 1 fully saturated rings. The molecule has 1 heterocycles. The van der Waals surface area contributed by atoms with Gasteiger partial charge in [0, 0.05) is 26.7 Å². The second-order valence-electron chi connectivity index (χ2n) is 6.07. The number of nitrogens with zero attached hydrogens (tertiary/aromatic N) is 1. The number of ether oxygens (including phenoxy) is 1. The highest BCUT2D eigenvalue weighted by atomic mass is 16.5. The summed E-state index contributed by atoms with van der Waals surface area (Å²) in [6.45, 7) is 2.88. The number of imide groups is 1. The van der Waals surface area contributed by atoms with Gasteiger partial charge in [-0.05, 0) is 25.0 Å². The van der Waals surface area contributed by atoms with Crippen molar-refractivity contribution in [3.8, 4) is 0 Å². The van der Waals surface area contributed by atoms with E-state index in [9.17, 15) is 9.59 Å². The van der Waals surface area contributed by atoms with Crippen molar-refractivity contribution in [1.29, 1.82) is 0 Å². The molecule has 0 unspecified atom stereocenters. The van der Waals surface area contributed by atoms with Crippen LogP contribution in [0.1, 0.15) is 25.7 Å². The summed E-state index contributed by atoms with van der Waals surface area (Å²) in [7, 11) is 1.55. The van der Waals surface area contributed by atoms with Crippen molar-refractivity contribution < 1.29 is 14.3 Å². The Hall–Kier alpha value is -2.28. The number of carbonyl (C=O) groups is 2. The lowest BCUT2D eigenvalue weighted by Gasteiger charge is -2.25. The van der Waals surface area contributed by atoms with Crippen LogP contribution >= 0.6 is 0 Å². The molecular formula is C18H28N4O3. The highest BCUT2D eigenvalue weighted by Crippen LogP contribution is 2.27. The van der Waals surface area contributed by atoms with Crippen LogP contribution in [-0.2, 0) is 9.53 Å². The lowest BCUT2D eigenvalue weighted by molar-refractivity contribution is -0.118. The van der Waals surface area contributed by atoms with Crippen LogP contribution in [0.5, 0.6) is 0 Å². The number of nitrogens with one attached hydrogen (secondary N) is 3. The third kappa shape index (κ3) is 6.62. The number of urea groups is 1. The van der Waals surface area contributed by atoms with E-state index in [1.54, 1.807) is 7.11 Å². The van der Waals surface area contributed by atoms with E-state index in [0.717, 1.165) is 24.5 Å². The Bertz CT molecular complexity index is 557. The van der Waals surface area contributed by atoms with Crippen LogP contribution in [-0.4, -0.2) is 51.8 Å². The molecule has 3 amide bonds. The fraction of sp³-hybridized carbons (Fsp3) is 0.556. The topological polar surface area (TPSA) is 82.7 Å². The summed E-state index contributed by atoms with van der Waals surface area (Å²) in [5.74, 6) is -0.374. The van der Waals surface area contributed by atoms with Crippen LogP contribution in [0.2, 0.25) is 0 Å². The molecule has 0 bridgehead atoms. The van der Waals surface area contributed by atoms with Crippen LogP contribution in [0, 0.1) is 0 Å². The third-order valence-corrected chi connectivity index (χ3v) is 4.13. The fourth-order valence-corrected chi connectivity index (χ4v) is 2.87. The summed E-state index contributed by atoms with van der Waals surface area (Å²) in [4.78, 5) is 25.8. The van der Waals surface area contributed by atoms with E-state index in [4.69, 9.17) is 4.74 Å². The number of benzene rings is 1. The Morgan fingerprint density at radius 1 is 1.12 bits per heavy atom. The predicted octanol–water partition coefficient (Wildman–Crippen LogP) is 1.95. The Balaban J connectivity index is 1.85. The fourth-order valence-electron chi connectivity index (χ4n) is 2.87. The molecule has 0 aromatic heterocycles. The van der Waals surface area contributed by atoms with Crippen molar-refractivity contribution in [3.05, 3.63) is 24.3 Å². The number of rotatable bonds is 7. The summed E-state index contributed by atoms with van der Waals surface area (Å²) < 4.78 is 4.84. The quantitative estimate of drug-likeness (QED) is 0.656. The summed E-state index contributed by atoms with van der Waals surface area (Å²) >= 11 is 0. The van der Waals surface area contributed by atoms with E-state index in [-0.39, 0.29) is 12.5 Å². The minimum Gasteiger partial charge on any atom is -0.383 e. The Morgan fingerprint density at radius 3 is 2.56 bits per heavy atom. The number of hydrogen-bond donors (Lipinski definition) is 3. The van der Waals surface area contributed by atoms with Crippen molar-refractivity contribution >= 4 is 23.3 Å². The van der Waals surface area contributed by atoms with E-state index >= 15 is 0 Å². The maximum Gasteiger partial charge on any atom is 0.321 e. The molecule has 1 saturated heterocycles. The van der Waals surface area contributed by atoms with Gasteiger partial charge < -0.3 is 20.3 Å². The van der Waals surface area contributed by atoms with Gasteiger partial charge in [-0.2, -0.15) is 0 Å². The molecule has 0 aliphatic carbocycles. The van der Waals surface area contributed by atoms with E-state index < -0.39 is 6.03 Å². The number of carbonyl (C=O) groups excluding carboxylic acids is 2. The molecule has 1 aliphatic heterocycles. The minimum absolute atomic E-state index is 0.0442.